The van der Waals surface area contributed by atoms with Crippen molar-refractivity contribution in [3.8, 4) is 12.3 Å². The lowest BCUT2D eigenvalue weighted by molar-refractivity contribution is 0.0183. The normalized spacial score (nSPS) is 19.2. The van der Waals surface area contributed by atoms with Gasteiger partial charge in [-0.15, -0.1) is 12.3 Å². The van der Waals surface area contributed by atoms with Crippen LogP contribution in [-0.4, -0.2) is 30.4 Å². The lowest BCUT2D eigenvalue weighted by Gasteiger charge is -2.37. The Balaban J connectivity index is 2.61. The Labute approximate surface area is 103 Å². The van der Waals surface area contributed by atoms with Gasteiger partial charge in [-0.1, -0.05) is 0 Å². The highest BCUT2D eigenvalue weighted by Crippen LogP contribution is 2.24. The van der Waals surface area contributed by atoms with Crippen molar-refractivity contribution in [2.75, 3.05) is 13.2 Å². The molecular weight excluding hydrogens is 218 g/mol. The van der Waals surface area contributed by atoms with Gasteiger partial charge in [0, 0.05) is 19.6 Å². The van der Waals surface area contributed by atoms with Crippen LogP contribution in [-0.2, 0) is 9.47 Å². The smallest absolute Gasteiger partial charge is 0.408 e. The molecule has 4 heteroatoms. The Morgan fingerprint density at radius 2 is 2.06 bits per heavy atom. The van der Waals surface area contributed by atoms with E-state index in [-0.39, 0.29) is 5.54 Å². The highest BCUT2D eigenvalue weighted by atomic mass is 16.6. The molecule has 0 bridgehead atoms. The SMILES string of the molecule is C#CCC1(NC(=O)OC(C)(C)C)CCOCC1. The number of carbonyl (C=O) groups is 1. The second kappa shape index (κ2) is 5.42. The van der Waals surface area contributed by atoms with Gasteiger partial charge < -0.3 is 14.8 Å². The van der Waals surface area contributed by atoms with E-state index in [4.69, 9.17) is 15.9 Å². The van der Waals surface area contributed by atoms with Gasteiger partial charge in [0.1, 0.15) is 5.60 Å². The van der Waals surface area contributed by atoms with Gasteiger partial charge in [-0.2, -0.15) is 0 Å². The number of carbonyl (C=O) groups excluding carboxylic acids is 1. The molecule has 4 nitrogen and oxygen atoms in total. The summed E-state index contributed by atoms with van der Waals surface area (Å²) in [6.07, 6.45) is 6.93. The lowest BCUT2D eigenvalue weighted by atomic mass is 9.87. The third-order valence-corrected chi connectivity index (χ3v) is 2.66. The molecule has 0 saturated carbocycles. The monoisotopic (exact) mass is 239 g/mol. The third kappa shape index (κ3) is 4.66. The number of terminal acetylenes is 1. The van der Waals surface area contributed by atoms with E-state index in [1.807, 2.05) is 20.8 Å². The van der Waals surface area contributed by atoms with E-state index in [9.17, 15) is 4.79 Å². The van der Waals surface area contributed by atoms with Crippen LogP contribution in [0.4, 0.5) is 4.79 Å². The van der Waals surface area contributed by atoms with Crippen LogP contribution in [0.1, 0.15) is 40.0 Å². The summed E-state index contributed by atoms with van der Waals surface area (Å²) in [6.45, 7) is 6.76. The molecule has 0 aromatic rings. The van der Waals surface area contributed by atoms with Crippen LogP contribution in [0, 0.1) is 12.3 Å². The predicted octanol–water partition coefficient (Wildman–Crippen LogP) is 2.08. The first-order chi connectivity index (χ1) is 7.87. The maximum atomic E-state index is 11.8. The molecule has 96 valence electrons. The maximum Gasteiger partial charge on any atom is 0.408 e. The molecule has 0 spiro atoms. The van der Waals surface area contributed by atoms with Crippen LogP contribution in [0.3, 0.4) is 0 Å². The first-order valence-electron chi connectivity index (χ1n) is 5.89. The van der Waals surface area contributed by atoms with E-state index in [1.165, 1.54) is 0 Å². The van der Waals surface area contributed by atoms with Crippen molar-refractivity contribution < 1.29 is 14.3 Å². The number of rotatable bonds is 2. The van der Waals surface area contributed by atoms with Gasteiger partial charge >= 0.3 is 6.09 Å². The third-order valence-electron chi connectivity index (χ3n) is 2.66. The van der Waals surface area contributed by atoms with Crippen LogP contribution in [0.15, 0.2) is 0 Å². The molecule has 1 heterocycles. The van der Waals surface area contributed by atoms with Gasteiger partial charge in [-0.05, 0) is 33.6 Å². The second-order valence-corrected chi connectivity index (χ2v) is 5.40. The van der Waals surface area contributed by atoms with Gasteiger partial charge in [0.2, 0.25) is 0 Å². The van der Waals surface area contributed by atoms with Crippen molar-refractivity contribution in [3.05, 3.63) is 0 Å². The second-order valence-electron chi connectivity index (χ2n) is 5.40. The average molecular weight is 239 g/mol. The molecule has 1 aliphatic heterocycles. The Morgan fingerprint density at radius 1 is 1.47 bits per heavy atom. The molecule has 0 aromatic carbocycles. The molecule has 1 amide bonds. The summed E-state index contributed by atoms with van der Waals surface area (Å²) >= 11 is 0. The van der Waals surface area contributed by atoms with Gasteiger partial charge in [0.25, 0.3) is 0 Å². The molecule has 1 aliphatic rings. The Hall–Kier alpha value is -1.21. The fourth-order valence-corrected chi connectivity index (χ4v) is 1.82. The standard InChI is InChI=1S/C13H21NO3/c1-5-6-13(7-9-16-10-8-13)14-11(15)17-12(2,3)4/h1H,6-10H2,2-4H3,(H,14,15). The first-order valence-corrected chi connectivity index (χ1v) is 5.89. The Kier molecular flexibility index (Phi) is 4.41. The fourth-order valence-electron chi connectivity index (χ4n) is 1.82. The molecule has 1 fully saturated rings. The molecule has 1 N–H and O–H groups in total. The highest BCUT2D eigenvalue weighted by molar-refractivity contribution is 5.68. The minimum atomic E-state index is -0.493. The largest absolute Gasteiger partial charge is 0.444 e. The lowest BCUT2D eigenvalue weighted by Crippen LogP contribution is -2.52. The minimum Gasteiger partial charge on any atom is -0.444 e. The van der Waals surface area contributed by atoms with Gasteiger partial charge in [-0.25, -0.2) is 4.79 Å². The van der Waals surface area contributed by atoms with Crippen LogP contribution < -0.4 is 5.32 Å². The van der Waals surface area contributed by atoms with Crippen molar-refractivity contribution in [2.24, 2.45) is 0 Å². The van der Waals surface area contributed by atoms with E-state index in [0.29, 0.717) is 19.6 Å². The molecule has 1 rings (SSSR count). The van der Waals surface area contributed by atoms with Crippen LogP contribution in [0.2, 0.25) is 0 Å². The van der Waals surface area contributed by atoms with Crippen molar-refractivity contribution >= 4 is 6.09 Å². The molecular formula is C13H21NO3. The van der Waals surface area contributed by atoms with Crippen LogP contribution in [0.5, 0.6) is 0 Å². The van der Waals surface area contributed by atoms with Crippen molar-refractivity contribution in [1.82, 2.24) is 5.32 Å². The average Bonchev–Trinajstić information content (AvgIpc) is 2.15. The van der Waals surface area contributed by atoms with E-state index in [1.54, 1.807) is 0 Å². The van der Waals surface area contributed by atoms with Gasteiger partial charge in [0.15, 0.2) is 0 Å². The molecule has 1 saturated heterocycles. The maximum absolute atomic E-state index is 11.8. The summed E-state index contributed by atoms with van der Waals surface area (Å²) in [5, 5.41) is 2.91. The number of alkyl carbamates (subject to hydrolysis) is 1. The summed E-state index contributed by atoms with van der Waals surface area (Å²) in [5.74, 6) is 2.62. The topological polar surface area (TPSA) is 47.6 Å². The van der Waals surface area contributed by atoms with E-state index < -0.39 is 11.7 Å². The van der Waals surface area contributed by atoms with Crippen molar-refractivity contribution in [1.29, 1.82) is 0 Å². The van der Waals surface area contributed by atoms with Crippen LogP contribution in [0.25, 0.3) is 0 Å². The molecule has 0 radical (unpaired) electrons. The number of hydrogen-bond donors (Lipinski definition) is 1. The molecule has 0 atom stereocenters. The zero-order valence-electron chi connectivity index (χ0n) is 10.8. The molecule has 0 aromatic heterocycles. The fraction of sp³-hybridized carbons (Fsp3) is 0.769. The predicted molar refractivity (Wildman–Crippen MR) is 65.6 cm³/mol. The number of nitrogens with one attached hydrogen (secondary N) is 1. The molecule has 17 heavy (non-hydrogen) atoms. The number of amides is 1. The summed E-state index contributed by atoms with van der Waals surface area (Å²) < 4.78 is 10.5. The first kappa shape index (κ1) is 13.9. The zero-order valence-corrected chi connectivity index (χ0v) is 10.8. The van der Waals surface area contributed by atoms with E-state index in [0.717, 1.165) is 12.8 Å². The summed E-state index contributed by atoms with van der Waals surface area (Å²) in [7, 11) is 0. The highest BCUT2D eigenvalue weighted by Gasteiger charge is 2.34. The Bertz CT molecular complexity index is 306. The number of ether oxygens (including phenoxy) is 2. The Morgan fingerprint density at radius 3 is 2.53 bits per heavy atom. The van der Waals surface area contributed by atoms with Crippen molar-refractivity contribution in [3.63, 3.8) is 0 Å². The van der Waals surface area contributed by atoms with Gasteiger partial charge in [0.05, 0.1) is 5.54 Å². The quantitative estimate of drug-likeness (QED) is 0.750. The minimum absolute atomic E-state index is 0.366. The van der Waals surface area contributed by atoms with E-state index in [2.05, 4.69) is 11.2 Å². The van der Waals surface area contributed by atoms with Gasteiger partial charge in [-0.3, -0.25) is 0 Å². The number of hydrogen-bond acceptors (Lipinski definition) is 3. The van der Waals surface area contributed by atoms with E-state index >= 15 is 0 Å². The molecule has 0 unspecified atom stereocenters. The van der Waals surface area contributed by atoms with Crippen LogP contribution >= 0.6 is 0 Å². The van der Waals surface area contributed by atoms with Crippen molar-refractivity contribution in [2.45, 2.75) is 51.2 Å². The summed E-state index contributed by atoms with van der Waals surface area (Å²) in [5.41, 5.74) is -0.859. The summed E-state index contributed by atoms with van der Waals surface area (Å²) in [6, 6.07) is 0. The molecule has 0 aliphatic carbocycles. The zero-order chi connectivity index (χ0) is 12.9. The summed E-state index contributed by atoms with van der Waals surface area (Å²) in [4.78, 5) is 11.8.